The molecular formula is C21H18ClN3O2S2. The first-order chi connectivity index (χ1) is 14.1. The lowest BCUT2D eigenvalue weighted by Crippen LogP contribution is -2.37. The molecule has 1 fully saturated rings. The van der Waals surface area contributed by atoms with Crippen molar-refractivity contribution in [1.29, 1.82) is 0 Å². The van der Waals surface area contributed by atoms with E-state index in [9.17, 15) is 4.79 Å². The first-order valence-corrected chi connectivity index (χ1v) is 11.5. The Balaban J connectivity index is 1.56. The van der Waals surface area contributed by atoms with Crippen LogP contribution in [-0.2, 0) is 4.74 Å². The fraction of sp³-hybridized carbons (Fsp3) is 0.286. The monoisotopic (exact) mass is 443 g/mol. The number of nitrogens with zero attached hydrogens (tertiary/aromatic N) is 3. The number of aryl methyl sites for hydroxylation is 1. The van der Waals surface area contributed by atoms with Crippen LogP contribution in [0.1, 0.15) is 28.8 Å². The van der Waals surface area contributed by atoms with Crippen LogP contribution < -0.4 is 4.90 Å². The third-order valence-electron chi connectivity index (χ3n) is 5.20. The molecule has 1 aliphatic heterocycles. The topological polar surface area (TPSA) is 55.3 Å². The fourth-order valence-corrected chi connectivity index (χ4v) is 5.49. The van der Waals surface area contributed by atoms with Crippen molar-refractivity contribution < 1.29 is 9.53 Å². The number of benzene rings is 2. The van der Waals surface area contributed by atoms with E-state index < -0.39 is 0 Å². The van der Waals surface area contributed by atoms with Crippen molar-refractivity contribution in [2.75, 3.05) is 18.1 Å². The minimum atomic E-state index is -0.0707. The van der Waals surface area contributed by atoms with E-state index in [2.05, 4.69) is 4.98 Å². The van der Waals surface area contributed by atoms with Gasteiger partial charge in [0.1, 0.15) is 0 Å². The Morgan fingerprint density at radius 2 is 2.21 bits per heavy atom. The first-order valence-electron chi connectivity index (χ1n) is 9.42. The van der Waals surface area contributed by atoms with Crippen LogP contribution in [0.3, 0.4) is 0 Å². The second-order valence-corrected chi connectivity index (χ2v) is 9.40. The minimum Gasteiger partial charge on any atom is -0.376 e. The summed E-state index contributed by atoms with van der Waals surface area (Å²) in [6.45, 7) is 3.19. The number of ether oxygens (including phenoxy) is 1. The van der Waals surface area contributed by atoms with E-state index in [1.165, 1.54) is 22.7 Å². The summed E-state index contributed by atoms with van der Waals surface area (Å²) in [5.74, 6) is -0.0707. The molecule has 0 N–H and O–H groups in total. The Bertz CT molecular complexity index is 1210. The van der Waals surface area contributed by atoms with Gasteiger partial charge in [0.25, 0.3) is 5.91 Å². The van der Waals surface area contributed by atoms with Gasteiger partial charge in [0.15, 0.2) is 5.13 Å². The summed E-state index contributed by atoms with van der Waals surface area (Å²) in [6, 6.07) is 9.48. The van der Waals surface area contributed by atoms with Crippen LogP contribution in [-0.4, -0.2) is 35.1 Å². The lowest BCUT2D eigenvalue weighted by Gasteiger charge is -2.23. The summed E-state index contributed by atoms with van der Waals surface area (Å²) >= 11 is 9.32. The van der Waals surface area contributed by atoms with Gasteiger partial charge in [0, 0.05) is 17.2 Å². The number of carbonyl (C=O) groups excluding carboxylic acids is 1. The number of thiazole rings is 2. The summed E-state index contributed by atoms with van der Waals surface area (Å²) in [5, 5.41) is 1.36. The third kappa shape index (κ3) is 3.53. The van der Waals surface area contributed by atoms with Gasteiger partial charge in [-0.1, -0.05) is 22.9 Å². The zero-order valence-corrected chi connectivity index (χ0v) is 18.1. The van der Waals surface area contributed by atoms with Gasteiger partial charge in [0.05, 0.1) is 38.6 Å². The molecule has 2 aromatic carbocycles. The van der Waals surface area contributed by atoms with Crippen LogP contribution in [0.5, 0.6) is 0 Å². The summed E-state index contributed by atoms with van der Waals surface area (Å²) in [5.41, 5.74) is 5.11. The molecule has 2 aromatic heterocycles. The molecule has 1 unspecified atom stereocenters. The van der Waals surface area contributed by atoms with Gasteiger partial charge in [-0.15, -0.1) is 11.3 Å². The highest BCUT2D eigenvalue weighted by Gasteiger charge is 2.27. The van der Waals surface area contributed by atoms with Gasteiger partial charge in [-0.2, -0.15) is 0 Å². The molecule has 3 heterocycles. The van der Waals surface area contributed by atoms with Crippen LogP contribution in [0.25, 0.3) is 20.4 Å². The molecule has 4 aromatic rings. The molecule has 1 saturated heterocycles. The molecular weight excluding hydrogens is 426 g/mol. The van der Waals surface area contributed by atoms with Crippen molar-refractivity contribution in [1.82, 2.24) is 9.97 Å². The van der Waals surface area contributed by atoms with E-state index in [0.717, 1.165) is 45.4 Å². The number of rotatable bonds is 4. The second-order valence-electron chi connectivity index (χ2n) is 7.10. The SMILES string of the molecule is Cc1c(Cl)ccc2sc(N(CC3CCCO3)C(=O)c3ccc4ncsc4c3)nc12. The van der Waals surface area contributed by atoms with Crippen LogP contribution >= 0.6 is 34.3 Å². The lowest BCUT2D eigenvalue weighted by atomic mass is 10.1. The molecule has 5 nitrogen and oxygen atoms in total. The van der Waals surface area contributed by atoms with Gasteiger partial charge >= 0.3 is 0 Å². The third-order valence-corrected chi connectivity index (χ3v) is 7.45. The highest BCUT2D eigenvalue weighted by molar-refractivity contribution is 7.22. The van der Waals surface area contributed by atoms with Crippen molar-refractivity contribution in [3.63, 3.8) is 0 Å². The summed E-state index contributed by atoms with van der Waals surface area (Å²) < 4.78 is 7.84. The van der Waals surface area contributed by atoms with Crippen molar-refractivity contribution >= 4 is 65.7 Å². The van der Waals surface area contributed by atoms with E-state index in [1.54, 1.807) is 10.4 Å². The Hall–Kier alpha value is -2.06. The number of hydrogen-bond acceptors (Lipinski definition) is 6. The van der Waals surface area contributed by atoms with Crippen molar-refractivity contribution in [2.24, 2.45) is 0 Å². The Morgan fingerprint density at radius 3 is 3.03 bits per heavy atom. The molecule has 1 atom stereocenters. The van der Waals surface area contributed by atoms with Gasteiger partial charge in [-0.25, -0.2) is 9.97 Å². The molecule has 148 valence electrons. The average molecular weight is 444 g/mol. The van der Waals surface area contributed by atoms with Gasteiger partial charge in [0.2, 0.25) is 0 Å². The zero-order valence-electron chi connectivity index (χ0n) is 15.7. The molecule has 29 heavy (non-hydrogen) atoms. The number of fused-ring (bicyclic) bond motifs is 2. The van der Waals surface area contributed by atoms with E-state index in [1.807, 2.05) is 37.3 Å². The molecule has 0 bridgehead atoms. The van der Waals surface area contributed by atoms with Gasteiger partial charge in [-0.3, -0.25) is 9.69 Å². The Kier molecular flexibility index (Phi) is 4.99. The smallest absolute Gasteiger partial charge is 0.260 e. The molecule has 0 spiro atoms. The number of aromatic nitrogens is 2. The minimum absolute atomic E-state index is 0.0304. The van der Waals surface area contributed by atoms with Crippen molar-refractivity contribution in [2.45, 2.75) is 25.9 Å². The average Bonchev–Trinajstić information content (AvgIpc) is 3.48. The Morgan fingerprint density at radius 1 is 1.31 bits per heavy atom. The first kappa shape index (κ1) is 18.9. The summed E-state index contributed by atoms with van der Waals surface area (Å²) in [6.07, 6.45) is 2.00. The normalized spacial score (nSPS) is 16.7. The molecule has 1 amide bonds. The molecule has 1 aliphatic rings. The standard InChI is InChI=1S/C21H18ClN3O2S2/c1-12-15(22)5-7-17-19(12)24-21(29-17)25(10-14-3-2-8-27-14)20(26)13-4-6-16-18(9-13)28-11-23-16/h4-7,9,11,14H,2-3,8,10H2,1H3. The number of anilines is 1. The maximum absolute atomic E-state index is 13.5. The maximum Gasteiger partial charge on any atom is 0.260 e. The second kappa shape index (κ2) is 7.65. The maximum atomic E-state index is 13.5. The number of carbonyl (C=O) groups is 1. The molecule has 0 aliphatic carbocycles. The van der Waals surface area contributed by atoms with Crippen LogP contribution in [0, 0.1) is 6.92 Å². The summed E-state index contributed by atoms with van der Waals surface area (Å²) in [7, 11) is 0. The molecule has 0 radical (unpaired) electrons. The Labute approximate surface area is 180 Å². The van der Waals surface area contributed by atoms with E-state index in [0.29, 0.717) is 22.3 Å². The van der Waals surface area contributed by atoms with Crippen LogP contribution in [0.15, 0.2) is 35.8 Å². The zero-order chi connectivity index (χ0) is 20.0. The van der Waals surface area contributed by atoms with Crippen LogP contribution in [0.4, 0.5) is 5.13 Å². The predicted octanol–water partition coefficient (Wildman–Crippen LogP) is 5.69. The largest absolute Gasteiger partial charge is 0.376 e. The highest BCUT2D eigenvalue weighted by atomic mass is 35.5. The van der Waals surface area contributed by atoms with Crippen molar-refractivity contribution in [3.05, 3.63) is 52.0 Å². The van der Waals surface area contributed by atoms with Gasteiger partial charge < -0.3 is 4.74 Å². The summed E-state index contributed by atoms with van der Waals surface area (Å²) in [4.78, 5) is 24.4. The van der Waals surface area contributed by atoms with Crippen LogP contribution in [0.2, 0.25) is 5.02 Å². The lowest BCUT2D eigenvalue weighted by molar-refractivity contribution is 0.0917. The number of halogens is 1. The fourth-order valence-electron chi connectivity index (χ4n) is 3.59. The predicted molar refractivity (Wildman–Crippen MR) is 120 cm³/mol. The molecule has 5 rings (SSSR count). The van der Waals surface area contributed by atoms with E-state index in [4.69, 9.17) is 21.3 Å². The number of amides is 1. The molecule has 8 heteroatoms. The van der Waals surface area contributed by atoms with Crippen molar-refractivity contribution in [3.8, 4) is 0 Å². The van der Waals surface area contributed by atoms with Gasteiger partial charge in [-0.05, 0) is 55.7 Å². The van der Waals surface area contributed by atoms with E-state index in [-0.39, 0.29) is 12.0 Å². The van der Waals surface area contributed by atoms with E-state index >= 15 is 0 Å². The quantitative estimate of drug-likeness (QED) is 0.406. The molecule has 0 saturated carbocycles. The number of hydrogen-bond donors (Lipinski definition) is 0. The highest BCUT2D eigenvalue weighted by Crippen LogP contribution is 2.35.